The molecule has 0 aliphatic heterocycles. The molecule has 0 N–H and O–H groups in total. The SMILES string of the molecule is CCN(Cc1ccc(OC)c(F)c1)C(=O)c1c(C)nn(Cc2ccccc2)c1C. The molecule has 0 atom stereocenters. The highest BCUT2D eigenvalue weighted by atomic mass is 19.1. The number of aryl methyl sites for hydroxylation is 1. The van der Waals surface area contributed by atoms with E-state index in [4.69, 9.17) is 4.74 Å². The van der Waals surface area contributed by atoms with Gasteiger partial charge in [0, 0.05) is 18.8 Å². The molecule has 0 saturated heterocycles. The van der Waals surface area contributed by atoms with Crippen molar-refractivity contribution < 1.29 is 13.9 Å². The molecule has 0 bridgehead atoms. The second kappa shape index (κ2) is 8.90. The van der Waals surface area contributed by atoms with Gasteiger partial charge in [-0.15, -0.1) is 0 Å². The fourth-order valence-corrected chi connectivity index (χ4v) is 3.43. The Hall–Kier alpha value is -3.15. The van der Waals surface area contributed by atoms with E-state index in [9.17, 15) is 9.18 Å². The van der Waals surface area contributed by atoms with Gasteiger partial charge in [0.1, 0.15) is 0 Å². The summed E-state index contributed by atoms with van der Waals surface area (Å²) in [6, 6.07) is 14.8. The summed E-state index contributed by atoms with van der Waals surface area (Å²) in [7, 11) is 1.43. The molecule has 0 saturated carbocycles. The van der Waals surface area contributed by atoms with Crippen LogP contribution in [0.5, 0.6) is 5.75 Å². The molecule has 0 unspecified atom stereocenters. The second-order valence-electron chi connectivity index (χ2n) is 6.98. The average molecular weight is 395 g/mol. The lowest BCUT2D eigenvalue weighted by Crippen LogP contribution is -2.31. The Morgan fingerprint density at radius 2 is 1.86 bits per heavy atom. The fourth-order valence-electron chi connectivity index (χ4n) is 3.43. The monoisotopic (exact) mass is 395 g/mol. The van der Waals surface area contributed by atoms with Crippen LogP contribution in [0.2, 0.25) is 0 Å². The maximum Gasteiger partial charge on any atom is 0.257 e. The summed E-state index contributed by atoms with van der Waals surface area (Å²) < 4.78 is 20.9. The first-order chi connectivity index (χ1) is 13.9. The van der Waals surface area contributed by atoms with E-state index in [0.29, 0.717) is 36.5 Å². The highest BCUT2D eigenvalue weighted by molar-refractivity contribution is 5.96. The molecule has 3 rings (SSSR count). The van der Waals surface area contributed by atoms with Gasteiger partial charge in [-0.25, -0.2) is 4.39 Å². The Labute approximate surface area is 170 Å². The van der Waals surface area contributed by atoms with Crippen molar-refractivity contribution in [2.24, 2.45) is 0 Å². The van der Waals surface area contributed by atoms with E-state index in [1.54, 1.807) is 17.0 Å². The van der Waals surface area contributed by atoms with Gasteiger partial charge in [-0.3, -0.25) is 9.48 Å². The molecule has 1 heterocycles. The number of hydrogen-bond acceptors (Lipinski definition) is 3. The summed E-state index contributed by atoms with van der Waals surface area (Å²) >= 11 is 0. The van der Waals surface area contributed by atoms with Crippen molar-refractivity contribution in [1.29, 1.82) is 0 Å². The number of carbonyl (C=O) groups is 1. The second-order valence-corrected chi connectivity index (χ2v) is 6.98. The smallest absolute Gasteiger partial charge is 0.257 e. The summed E-state index contributed by atoms with van der Waals surface area (Å²) in [5.41, 5.74) is 3.97. The molecular formula is C23H26FN3O2. The van der Waals surface area contributed by atoms with Crippen LogP contribution >= 0.6 is 0 Å². The van der Waals surface area contributed by atoms with Crippen molar-refractivity contribution in [2.75, 3.05) is 13.7 Å². The molecule has 3 aromatic rings. The van der Waals surface area contributed by atoms with E-state index in [2.05, 4.69) is 5.10 Å². The summed E-state index contributed by atoms with van der Waals surface area (Å²) in [5, 5.41) is 4.58. The fraction of sp³-hybridized carbons (Fsp3) is 0.304. The first kappa shape index (κ1) is 20.6. The molecule has 0 fully saturated rings. The maximum atomic E-state index is 14.0. The molecule has 1 amide bonds. The van der Waals surface area contributed by atoms with Crippen LogP contribution in [0.1, 0.15) is 39.8 Å². The van der Waals surface area contributed by atoms with Gasteiger partial charge in [0.2, 0.25) is 0 Å². The van der Waals surface area contributed by atoms with Crippen LogP contribution in [0.15, 0.2) is 48.5 Å². The van der Waals surface area contributed by atoms with Crippen LogP contribution in [0.4, 0.5) is 4.39 Å². The molecular weight excluding hydrogens is 369 g/mol. The maximum absolute atomic E-state index is 14.0. The number of aromatic nitrogens is 2. The lowest BCUT2D eigenvalue weighted by Gasteiger charge is -2.21. The number of rotatable bonds is 7. The summed E-state index contributed by atoms with van der Waals surface area (Å²) in [5.74, 6) is -0.341. The summed E-state index contributed by atoms with van der Waals surface area (Å²) in [6.07, 6.45) is 0. The average Bonchev–Trinajstić information content (AvgIpc) is 2.99. The van der Waals surface area contributed by atoms with Crippen molar-refractivity contribution in [2.45, 2.75) is 33.9 Å². The Balaban J connectivity index is 1.83. The number of benzene rings is 2. The van der Waals surface area contributed by atoms with Crippen molar-refractivity contribution >= 4 is 5.91 Å². The van der Waals surface area contributed by atoms with Crippen LogP contribution < -0.4 is 4.74 Å². The quantitative estimate of drug-likeness (QED) is 0.597. The molecule has 0 aliphatic carbocycles. The number of nitrogens with zero attached hydrogens (tertiary/aromatic N) is 3. The molecule has 5 nitrogen and oxygen atoms in total. The van der Waals surface area contributed by atoms with Crippen LogP contribution in [-0.4, -0.2) is 34.2 Å². The summed E-state index contributed by atoms with van der Waals surface area (Å²) in [4.78, 5) is 14.9. The van der Waals surface area contributed by atoms with E-state index in [0.717, 1.165) is 11.3 Å². The normalized spacial score (nSPS) is 10.8. The zero-order valence-corrected chi connectivity index (χ0v) is 17.3. The first-order valence-electron chi connectivity index (χ1n) is 9.64. The molecule has 2 aromatic carbocycles. The van der Waals surface area contributed by atoms with Crippen molar-refractivity contribution in [3.8, 4) is 5.75 Å². The van der Waals surface area contributed by atoms with Crippen LogP contribution in [-0.2, 0) is 13.1 Å². The number of carbonyl (C=O) groups excluding carboxylic acids is 1. The van der Waals surface area contributed by atoms with Crippen LogP contribution in [0, 0.1) is 19.7 Å². The third-order valence-electron chi connectivity index (χ3n) is 5.03. The zero-order valence-electron chi connectivity index (χ0n) is 17.3. The Kier molecular flexibility index (Phi) is 6.32. The van der Waals surface area contributed by atoms with Gasteiger partial charge in [-0.1, -0.05) is 36.4 Å². The molecule has 0 radical (unpaired) electrons. The van der Waals surface area contributed by atoms with Gasteiger partial charge < -0.3 is 9.64 Å². The minimum atomic E-state index is -0.434. The number of ether oxygens (including phenoxy) is 1. The van der Waals surface area contributed by atoms with Gasteiger partial charge in [-0.05, 0) is 44.0 Å². The number of hydrogen-bond donors (Lipinski definition) is 0. The van der Waals surface area contributed by atoms with Gasteiger partial charge in [-0.2, -0.15) is 5.10 Å². The van der Waals surface area contributed by atoms with Gasteiger partial charge in [0.25, 0.3) is 5.91 Å². The molecule has 29 heavy (non-hydrogen) atoms. The largest absolute Gasteiger partial charge is 0.494 e. The number of halogens is 1. The predicted octanol–water partition coefficient (Wildman–Crippen LogP) is 4.36. The van der Waals surface area contributed by atoms with Crippen molar-refractivity contribution in [3.05, 3.63) is 82.4 Å². The number of amides is 1. The van der Waals surface area contributed by atoms with E-state index >= 15 is 0 Å². The van der Waals surface area contributed by atoms with Crippen molar-refractivity contribution in [1.82, 2.24) is 14.7 Å². The lowest BCUT2D eigenvalue weighted by molar-refractivity contribution is 0.0750. The standard InChI is InChI=1S/C23H26FN3O2/c1-5-26(14-19-11-12-21(29-4)20(24)13-19)23(28)22-16(2)25-27(17(22)3)15-18-9-7-6-8-10-18/h6-13H,5,14-15H2,1-4H3. The molecule has 0 spiro atoms. The minimum Gasteiger partial charge on any atom is -0.494 e. The molecule has 1 aromatic heterocycles. The summed E-state index contributed by atoms with van der Waals surface area (Å²) in [6.45, 7) is 7.11. The van der Waals surface area contributed by atoms with Gasteiger partial charge in [0.05, 0.1) is 24.9 Å². The third-order valence-corrected chi connectivity index (χ3v) is 5.03. The van der Waals surface area contributed by atoms with Gasteiger partial charge in [0.15, 0.2) is 11.6 Å². The molecule has 0 aliphatic rings. The third kappa shape index (κ3) is 4.47. The minimum absolute atomic E-state index is 0.0990. The predicted molar refractivity (Wildman–Crippen MR) is 111 cm³/mol. The number of methoxy groups -OCH3 is 1. The van der Waals surface area contributed by atoms with E-state index in [1.807, 2.05) is 55.8 Å². The van der Waals surface area contributed by atoms with Crippen molar-refractivity contribution in [3.63, 3.8) is 0 Å². The first-order valence-corrected chi connectivity index (χ1v) is 9.64. The Bertz CT molecular complexity index is 999. The lowest BCUT2D eigenvalue weighted by atomic mass is 10.1. The van der Waals surface area contributed by atoms with E-state index in [-0.39, 0.29) is 11.7 Å². The van der Waals surface area contributed by atoms with E-state index < -0.39 is 5.82 Å². The van der Waals surface area contributed by atoms with Crippen LogP contribution in [0.25, 0.3) is 0 Å². The zero-order chi connectivity index (χ0) is 21.0. The molecule has 6 heteroatoms. The highest BCUT2D eigenvalue weighted by Gasteiger charge is 2.23. The van der Waals surface area contributed by atoms with Gasteiger partial charge >= 0.3 is 0 Å². The Morgan fingerprint density at radius 3 is 2.48 bits per heavy atom. The topological polar surface area (TPSA) is 47.4 Å². The van der Waals surface area contributed by atoms with Crippen LogP contribution in [0.3, 0.4) is 0 Å². The van der Waals surface area contributed by atoms with E-state index in [1.165, 1.54) is 13.2 Å². The Morgan fingerprint density at radius 1 is 1.14 bits per heavy atom. The molecule has 152 valence electrons. The highest BCUT2D eigenvalue weighted by Crippen LogP contribution is 2.21.